The Morgan fingerprint density at radius 3 is 2.89 bits per heavy atom. The highest BCUT2D eigenvalue weighted by Gasteiger charge is 2.19. The van der Waals surface area contributed by atoms with Crippen molar-refractivity contribution in [3.8, 4) is 5.75 Å². The summed E-state index contributed by atoms with van der Waals surface area (Å²) in [5, 5.41) is 9.48. The molecule has 2 rings (SSSR count). The molecule has 0 aromatic heterocycles. The molecule has 1 unspecified atom stereocenters. The van der Waals surface area contributed by atoms with Gasteiger partial charge < -0.3 is 14.7 Å². The van der Waals surface area contributed by atoms with Gasteiger partial charge in [0.2, 0.25) is 0 Å². The maximum Gasteiger partial charge on any atom is 0.253 e. The first-order valence-corrected chi connectivity index (χ1v) is 6.74. The van der Waals surface area contributed by atoms with Gasteiger partial charge in [-0.25, -0.2) is 0 Å². The molecule has 19 heavy (non-hydrogen) atoms. The summed E-state index contributed by atoms with van der Waals surface area (Å²) < 4.78 is 5.64. The molecule has 0 saturated carbocycles. The van der Waals surface area contributed by atoms with E-state index in [4.69, 9.17) is 4.74 Å². The molecule has 0 aliphatic carbocycles. The second-order valence-electron chi connectivity index (χ2n) is 5.18. The van der Waals surface area contributed by atoms with E-state index in [2.05, 4.69) is 0 Å². The number of benzene rings is 1. The van der Waals surface area contributed by atoms with Crippen molar-refractivity contribution in [1.82, 2.24) is 4.90 Å². The lowest BCUT2D eigenvalue weighted by Crippen LogP contribution is -2.37. The topological polar surface area (TPSA) is 49.8 Å². The number of phenols is 1. The zero-order valence-corrected chi connectivity index (χ0v) is 11.6. The van der Waals surface area contributed by atoms with Crippen LogP contribution in [0.2, 0.25) is 0 Å². The minimum Gasteiger partial charge on any atom is -0.508 e. The van der Waals surface area contributed by atoms with Crippen LogP contribution in [0.3, 0.4) is 0 Å². The minimum absolute atomic E-state index is 0.0303. The highest BCUT2D eigenvalue weighted by atomic mass is 16.5. The van der Waals surface area contributed by atoms with E-state index in [1.807, 2.05) is 0 Å². The van der Waals surface area contributed by atoms with Crippen LogP contribution in [0.1, 0.15) is 35.2 Å². The van der Waals surface area contributed by atoms with E-state index in [0.29, 0.717) is 17.7 Å². The Labute approximate surface area is 114 Å². The molecule has 1 saturated heterocycles. The molecule has 1 aromatic carbocycles. The summed E-state index contributed by atoms with van der Waals surface area (Å²) in [6.07, 6.45) is 3.46. The second-order valence-corrected chi connectivity index (χ2v) is 5.18. The number of amides is 1. The average Bonchev–Trinajstić information content (AvgIpc) is 2.42. The van der Waals surface area contributed by atoms with E-state index in [-0.39, 0.29) is 17.8 Å². The van der Waals surface area contributed by atoms with Gasteiger partial charge in [0.05, 0.1) is 6.10 Å². The molecule has 1 N–H and O–H groups in total. The molecule has 1 heterocycles. The van der Waals surface area contributed by atoms with Gasteiger partial charge in [0.25, 0.3) is 5.91 Å². The van der Waals surface area contributed by atoms with Crippen molar-refractivity contribution in [1.29, 1.82) is 0 Å². The van der Waals surface area contributed by atoms with Crippen LogP contribution in [0, 0.1) is 6.92 Å². The Balaban J connectivity index is 1.99. The highest BCUT2D eigenvalue weighted by molar-refractivity contribution is 5.94. The van der Waals surface area contributed by atoms with Crippen LogP contribution >= 0.6 is 0 Å². The third-order valence-corrected chi connectivity index (χ3v) is 3.54. The Morgan fingerprint density at radius 1 is 1.47 bits per heavy atom. The van der Waals surface area contributed by atoms with Crippen molar-refractivity contribution in [2.24, 2.45) is 0 Å². The fraction of sp³-hybridized carbons (Fsp3) is 0.533. The molecular formula is C15H21NO3. The third-order valence-electron chi connectivity index (χ3n) is 3.54. The predicted octanol–water partition coefficient (Wildman–Crippen LogP) is 2.34. The average molecular weight is 263 g/mol. The molecule has 1 aromatic rings. The molecule has 1 aliphatic rings. The van der Waals surface area contributed by atoms with Crippen LogP contribution in [-0.4, -0.2) is 42.2 Å². The molecule has 1 fully saturated rings. The fourth-order valence-electron chi connectivity index (χ4n) is 2.35. The predicted molar refractivity (Wildman–Crippen MR) is 73.4 cm³/mol. The summed E-state index contributed by atoms with van der Waals surface area (Å²) in [7, 11) is 1.79. The standard InChI is InChI=1S/C15H21NO3/c1-11-9-12(6-7-14(11)17)15(18)16(2)10-13-5-3-4-8-19-13/h6-7,9,13,17H,3-5,8,10H2,1-2H3. The number of aromatic hydroxyl groups is 1. The molecule has 0 bridgehead atoms. The van der Waals surface area contributed by atoms with E-state index in [1.165, 1.54) is 6.42 Å². The molecule has 4 heteroatoms. The molecule has 4 nitrogen and oxygen atoms in total. The second kappa shape index (κ2) is 6.06. The first kappa shape index (κ1) is 13.9. The molecule has 0 radical (unpaired) electrons. The van der Waals surface area contributed by atoms with Gasteiger partial charge in [0.1, 0.15) is 5.75 Å². The van der Waals surface area contributed by atoms with Gasteiger partial charge in [-0.2, -0.15) is 0 Å². The number of carbonyl (C=O) groups excluding carboxylic acids is 1. The van der Waals surface area contributed by atoms with Crippen molar-refractivity contribution in [3.63, 3.8) is 0 Å². The number of nitrogens with zero attached hydrogens (tertiary/aromatic N) is 1. The minimum atomic E-state index is -0.0303. The van der Waals surface area contributed by atoms with Crippen molar-refractivity contribution in [2.75, 3.05) is 20.2 Å². The van der Waals surface area contributed by atoms with Gasteiger partial charge >= 0.3 is 0 Å². The van der Waals surface area contributed by atoms with Gasteiger partial charge in [-0.05, 0) is 49.9 Å². The van der Waals surface area contributed by atoms with Gasteiger partial charge in [0, 0.05) is 25.8 Å². The van der Waals surface area contributed by atoms with E-state index in [9.17, 15) is 9.90 Å². The van der Waals surface area contributed by atoms with E-state index in [0.717, 1.165) is 19.4 Å². The van der Waals surface area contributed by atoms with Gasteiger partial charge in [-0.15, -0.1) is 0 Å². The monoisotopic (exact) mass is 263 g/mol. The summed E-state index contributed by atoms with van der Waals surface area (Å²) in [6, 6.07) is 4.94. The lowest BCUT2D eigenvalue weighted by Gasteiger charge is -2.27. The normalized spacial score (nSPS) is 19.2. The fourth-order valence-corrected chi connectivity index (χ4v) is 2.35. The number of carbonyl (C=O) groups is 1. The van der Waals surface area contributed by atoms with E-state index in [1.54, 1.807) is 37.1 Å². The lowest BCUT2D eigenvalue weighted by atomic mass is 10.1. The van der Waals surface area contributed by atoms with E-state index < -0.39 is 0 Å². The molecule has 1 aliphatic heterocycles. The number of aryl methyl sites for hydroxylation is 1. The highest BCUT2D eigenvalue weighted by Crippen LogP contribution is 2.19. The van der Waals surface area contributed by atoms with Crippen LogP contribution in [0.25, 0.3) is 0 Å². The van der Waals surface area contributed by atoms with Crippen molar-refractivity contribution in [2.45, 2.75) is 32.3 Å². The van der Waals surface area contributed by atoms with Gasteiger partial charge in [0.15, 0.2) is 0 Å². The van der Waals surface area contributed by atoms with Gasteiger partial charge in [-0.1, -0.05) is 0 Å². The first-order valence-electron chi connectivity index (χ1n) is 6.74. The van der Waals surface area contributed by atoms with Crippen molar-refractivity contribution < 1.29 is 14.6 Å². The lowest BCUT2D eigenvalue weighted by molar-refractivity contribution is -0.000189. The number of likely N-dealkylation sites (N-methyl/N-ethyl adjacent to an activating group) is 1. The summed E-state index contributed by atoms with van der Waals surface area (Å²) in [4.78, 5) is 14.0. The largest absolute Gasteiger partial charge is 0.508 e. The molecule has 104 valence electrons. The summed E-state index contributed by atoms with van der Waals surface area (Å²) >= 11 is 0. The van der Waals surface area contributed by atoms with Crippen LogP contribution in [-0.2, 0) is 4.74 Å². The Hall–Kier alpha value is -1.55. The summed E-state index contributed by atoms with van der Waals surface area (Å²) in [6.45, 7) is 3.21. The molecule has 0 spiro atoms. The number of phenolic OH excluding ortho intramolecular Hbond substituents is 1. The number of rotatable bonds is 3. The summed E-state index contributed by atoms with van der Waals surface area (Å²) in [5.41, 5.74) is 1.32. The quantitative estimate of drug-likeness (QED) is 0.910. The zero-order valence-electron chi connectivity index (χ0n) is 11.6. The maximum atomic E-state index is 12.3. The molecule has 1 atom stereocenters. The SMILES string of the molecule is Cc1cc(C(=O)N(C)CC2CCCCO2)ccc1O. The van der Waals surface area contributed by atoms with Crippen molar-refractivity contribution in [3.05, 3.63) is 29.3 Å². The van der Waals surface area contributed by atoms with Crippen molar-refractivity contribution >= 4 is 5.91 Å². The van der Waals surface area contributed by atoms with Crippen LogP contribution in [0.5, 0.6) is 5.75 Å². The smallest absolute Gasteiger partial charge is 0.253 e. The maximum absolute atomic E-state index is 12.3. The number of hydrogen-bond acceptors (Lipinski definition) is 3. The Morgan fingerprint density at radius 2 is 2.26 bits per heavy atom. The third kappa shape index (κ3) is 3.47. The molecular weight excluding hydrogens is 242 g/mol. The van der Waals surface area contributed by atoms with Gasteiger partial charge in [-0.3, -0.25) is 4.79 Å². The Kier molecular flexibility index (Phi) is 4.43. The number of ether oxygens (including phenoxy) is 1. The zero-order chi connectivity index (χ0) is 13.8. The van der Waals surface area contributed by atoms with Crippen LogP contribution in [0.15, 0.2) is 18.2 Å². The van der Waals surface area contributed by atoms with E-state index >= 15 is 0 Å². The van der Waals surface area contributed by atoms with Crippen LogP contribution in [0.4, 0.5) is 0 Å². The van der Waals surface area contributed by atoms with Crippen LogP contribution < -0.4 is 0 Å². The molecule has 1 amide bonds. The number of hydrogen-bond donors (Lipinski definition) is 1. The first-order chi connectivity index (χ1) is 9.08. The Bertz CT molecular complexity index is 453. The summed E-state index contributed by atoms with van der Waals surface area (Å²) in [5.74, 6) is 0.187.